The molecule has 7 heteroatoms. The molecule has 0 aliphatic carbocycles. The molecular weight excluding hydrogens is 492 g/mol. The lowest BCUT2D eigenvalue weighted by Crippen LogP contribution is -2.24. The van der Waals surface area contributed by atoms with E-state index >= 15 is 0 Å². The van der Waals surface area contributed by atoms with E-state index in [9.17, 15) is 9.59 Å². The van der Waals surface area contributed by atoms with Crippen LogP contribution in [0.4, 0.5) is 0 Å². The molecule has 0 saturated heterocycles. The zero-order chi connectivity index (χ0) is 27.0. The van der Waals surface area contributed by atoms with E-state index in [1.807, 2.05) is 79.7 Å². The van der Waals surface area contributed by atoms with Crippen LogP contribution in [0.5, 0.6) is 17.2 Å². The summed E-state index contributed by atoms with van der Waals surface area (Å²) in [6, 6.07) is 31.4. The van der Waals surface area contributed by atoms with Gasteiger partial charge in [-0.15, -0.1) is 0 Å². The second kappa shape index (κ2) is 11.9. The Morgan fingerprint density at radius 2 is 1.44 bits per heavy atom. The molecule has 5 rings (SSSR count). The van der Waals surface area contributed by atoms with Crippen LogP contribution < -0.4 is 19.6 Å². The number of hydrazone groups is 1. The molecule has 0 spiro atoms. The summed E-state index contributed by atoms with van der Waals surface area (Å²) in [5.74, 6) is 0.665. The Morgan fingerprint density at radius 3 is 2.21 bits per heavy atom. The van der Waals surface area contributed by atoms with E-state index in [4.69, 9.17) is 14.2 Å². The van der Waals surface area contributed by atoms with Crippen LogP contribution in [0.2, 0.25) is 0 Å². The summed E-state index contributed by atoms with van der Waals surface area (Å²) in [7, 11) is 0. The van der Waals surface area contributed by atoms with Crippen LogP contribution in [0.25, 0.3) is 21.5 Å². The van der Waals surface area contributed by atoms with Crippen LogP contribution >= 0.6 is 0 Å². The van der Waals surface area contributed by atoms with Crippen LogP contribution in [-0.4, -0.2) is 31.3 Å². The van der Waals surface area contributed by atoms with Gasteiger partial charge in [0.2, 0.25) is 0 Å². The molecule has 0 aliphatic rings. The fourth-order valence-corrected chi connectivity index (χ4v) is 4.18. The van der Waals surface area contributed by atoms with Gasteiger partial charge in [-0.05, 0) is 59.5 Å². The first-order chi connectivity index (χ1) is 19.1. The maximum atomic E-state index is 12.9. The Bertz CT molecular complexity index is 1660. The maximum Gasteiger partial charge on any atom is 0.343 e. The third-order valence-corrected chi connectivity index (χ3v) is 6.03. The van der Waals surface area contributed by atoms with Crippen LogP contribution in [-0.2, 0) is 4.79 Å². The van der Waals surface area contributed by atoms with Gasteiger partial charge in [-0.1, -0.05) is 66.7 Å². The lowest BCUT2D eigenvalue weighted by molar-refractivity contribution is -0.123. The molecule has 0 atom stereocenters. The number of nitrogens with zero attached hydrogens (tertiary/aromatic N) is 1. The predicted molar refractivity (Wildman–Crippen MR) is 152 cm³/mol. The van der Waals surface area contributed by atoms with Crippen molar-refractivity contribution >= 4 is 39.6 Å². The molecule has 0 radical (unpaired) electrons. The summed E-state index contributed by atoms with van der Waals surface area (Å²) >= 11 is 0. The molecule has 1 amide bonds. The molecule has 5 aromatic rings. The first-order valence-corrected chi connectivity index (χ1v) is 12.5. The summed E-state index contributed by atoms with van der Waals surface area (Å²) in [4.78, 5) is 25.4. The van der Waals surface area contributed by atoms with Crippen molar-refractivity contribution in [3.63, 3.8) is 0 Å². The fraction of sp³-hybridized carbons (Fsp3) is 0.0938. The average Bonchev–Trinajstić information content (AvgIpc) is 2.97. The number of fused-ring (bicyclic) bond motifs is 2. The van der Waals surface area contributed by atoms with Crippen LogP contribution in [0.15, 0.2) is 108 Å². The summed E-state index contributed by atoms with van der Waals surface area (Å²) in [5, 5.41) is 7.83. The molecule has 7 nitrogen and oxygen atoms in total. The van der Waals surface area contributed by atoms with Gasteiger partial charge < -0.3 is 14.2 Å². The van der Waals surface area contributed by atoms with Gasteiger partial charge >= 0.3 is 5.97 Å². The van der Waals surface area contributed by atoms with E-state index in [1.54, 1.807) is 30.3 Å². The first kappa shape index (κ1) is 25.5. The molecule has 0 unspecified atom stereocenters. The van der Waals surface area contributed by atoms with Gasteiger partial charge in [0.05, 0.1) is 18.4 Å². The van der Waals surface area contributed by atoms with Crippen molar-refractivity contribution in [2.45, 2.75) is 6.92 Å². The number of carbonyl (C=O) groups excluding carboxylic acids is 2. The third-order valence-electron chi connectivity index (χ3n) is 6.03. The van der Waals surface area contributed by atoms with Crippen molar-refractivity contribution in [2.75, 3.05) is 13.2 Å². The zero-order valence-corrected chi connectivity index (χ0v) is 21.3. The first-order valence-electron chi connectivity index (χ1n) is 12.5. The highest BCUT2D eigenvalue weighted by Gasteiger charge is 2.14. The lowest BCUT2D eigenvalue weighted by atomic mass is 10.0. The summed E-state index contributed by atoms with van der Waals surface area (Å²) in [6.45, 7) is 2.22. The van der Waals surface area contributed by atoms with Crippen molar-refractivity contribution in [1.29, 1.82) is 0 Å². The van der Waals surface area contributed by atoms with E-state index in [1.165, 1.54) is 6.21 Å². The number of amides is 1. The number of benzene rings is 5. The maximum absolute atomic E-state index is 12.9. The highest BCUT2D eigenvalue weighted by atomic mass is 16.5. The Labute approximate surface area is 225 Å². The predicted octanol–water partition coefficient (Wildman–Crippen LogP) is 6.14. The molecule has 0 aromatic heterocycles. The van der Waals surface area contributed by atoms with E-state index in [0.717, 1.165) is 21.5 Å². The molecule has 0 fully saturated rings. The molecule has 39 heavy (non-hydrogen) atoms. The van der Waals surface area contributed by atoms with Crippen molar-refractivity contribution in [1.82, 2.24) is 5.43 Å². The number of carbonyl (C=O) groups is 2. The Kier molecular flexibility index (Phi) is 7.79. The van der Waals surface area contributed by atoms with Crippen molar-refractivity contribution in [3.8, 4) is 17.2 Å². The van der Waals surface area contributed by atoms with E-state index in [0.29, 0.717) is 35.0 Å². The molecule has 0 saturated carbocycles. The topological polar surface area (TPSA) is 86.2 Å². The minimum absolute atomic E-state index is 0.208. The zero-order valence-electron chi connectivity index (χ0n) is 21.3. The van der Waals surface area contributed by atoms with E-state index in [2.05, 4.69) is 10.5 Å². The van der Waals surface area contributed by atoms with Crippen LogP contribution in [0, 0.1) is 0 Å². The summed E-state index contributed by atoms with van der Waals surface area (Å²) < 4.78 is 16.9. The molecule has 0 aliphatic heterocycles. The quantitative estimate of drug-likeness (QED) is 0.110. The molecule has 0 bridgehead atoms. The Hall–Kier alpha value is -5.17. The van der Waals surface area contributed by atoms with Gasteiger partial charge in [-0.25, -0.2) is 10.2 Å². The number of hydrogen-bond acceptors (Lipinski definition) is 6. The highest BCUT2D eigenvalue weighted by Crippen LogP contribution is 2.28. The second-order valence-electron chi connectivity index (χ2n) is 8.60. The van der Waals surface area contributed by atoms with Gasteiger partial charge in [-0.2, -0.15) is 5.10 Å². The van der Waals surface area contributed by atoms with Crippen molar-refractivity contribution < 1.29 is 23.8 Å². The molecule has 5 aromatic carbocycles. The molecule has 0 heterocycles. The van der Waals surface area contributed by atoms with Crippen molar-refractivity contribution in [3.05, 3.63) is 114 Å². The molecular formula is C32H26N2O5. The van der Waals surface area contributed by atoms with Gasteiger partial charge in [0, 0.05) is 10.9 Å². The number of esters is 1. The number of ether oxygens (including phenoxy) is 3. The normalized spacial score (nSPS) is 11.0. The highest BCUT2D eigenvalue weighted by molar-refractivity contribution is 6.04. The van der Waals surface area contributed by atoms with Gasteiger partial charge in [0.1, 0.15) is 17.2 Å². The smallest absolute Gasteiger partial charge is 0.343 e. The number of hydrogen-bond donors (Lipinski definition) is 1. The summed E-state index contributed by atoms with van der Waals surface area (Å²) in [5.41, 5.74) is 3.44. The second-order valence-corrected chi connectivity index (χ2v) is 8.60. The lowest BCUT2D eigenvalue weighted by Gasteiger charge is -2.11. The molecule has 1 N–H and O–H groups in total. The Morgan fingerprint density at radius 1 is 0.744 bits per heavy atom. The van der Waals surface area contributed by atoms with Crippen LogP contribution in [0.3, 0.4) is 0 Å². The fourth-order valence-electron chi connectivity index (χ4n) is 4.18. The standard InChI is InChI=1S/C32H26N2O5/c1-2-37-25-17-14-24(15-18-25)32(36)39-30-19-16-23-9-3-5-11-26(23)28(30)20-33-34-31(35)21-38-29-13-7-10-22-8-4-6-12-27(22)29/h3-20H,2,21H2,1H3,(H,34,35)/b33-20-. The SMILES string of the molecule is CCOc1ccc(C(=O)Oc2ccc3ccccc3c2/C=N\NC(=O)COc2cccc3ccccc23)cc1. The average molecular weight is 519 g/mol. The number of nitrogens with one attached hydrogen (secondary N) is 1. The van der Waals surface area contributed by atoms with Crippen LogP contribution in [0.1, 0.15) is 22.8 Å². The van der Waals surface area contributed by atoms with E-state index in [-0.39, 0.29) is 6.61 Å². The monoisotopic (exact) mass is 518 g/mol. The van der Waals surface area contributed by atoms with Crippen molar-refractivity contribution in [2.24, 2.45) is 5.10 Å². The van der Waals surface area contributed by atoms with Gasteiger partial charge in [0.15, 0.2) is 6.61 Å². The van der Waals surface area contributed by atoms with Gasteiger partial charge in [-0.3, -0.25) is 4.79 Å². The van der Waals surface area contributed by atoms with Gasteiger partial charge in [0.25, 0.3) is 5.91 Å². The number of rotatable bonds is 9. The van der Waals surface area contributed by atoms with E-state index < -0.39 is 11.9 Å². The summed E-state index contributed by atoms with van der Waals surface area (Å²) in [6.07, 6.45) is 1.47. The third kappa shape index (κ3) is 6.05. The minimum Gasteiger partial charge on any atom is -0.494 e. The molecule has 194 valence electrons. The Balaban J connectivity index is 1.30. The largest absolute Gasteiger partial charge is 0.494 e. The minimum atomic E-state index is -0.518.